The third-order valence-corrected chi connectivity index (χ3v) is 2.47. The molecule has 120 valence electrons. The van der Waals surface area contributed by atoms with Gasteiger partial charge in [0.1, 0.15) is 5.75 Å². The molecule has 2 rings (SSSR count). The Morgan fingerprint density at radius 3 is 2.52 bits per heavy atom. The molecule has 0 aliphatic heterocycles. The smallest absolute Gasteiger partial charge is 0.387 e. The summed E-state index contributed by atoms with van der Waals surface area (Å²) in [5.74, 6) is -1.41. The van der Waals surface area contributed by atoms with Gasteiger partial charge in [-0.25, -0.2) is 9.78 Å². The third kappa shape index (κ3) is 5.30. The second-order valence-electron chi connectivity index (χ2n) is 4.12. The molecule has 9 heteroatoms. The first-order valence-electron chi connectivity index (χ1n) is 6.32. The van der Waals surface area contributed by atoms with Crippen molar-refractivity contribution in [2.75, 3.05) is 11.9 Å². The minimum Gasteiger partial charge on any atom is -0.451 e. The molecule has 0 aliphatic rings. The van der Waals surface area contributed by atoms with Gasteiger partial charge in [-0.3, -0.25) is 9.78 Å². The van der Waals surface area contributed by atoms with Gasteiger partial charge >= 0.3 is 12.6 Å². The molecular formula is C14H11F2N3O4. The van der Waals surface area contributed by atoms with E-state index in [1.165, 1.54) is 42.9 Å². The standard InChI is InChI=1S/C14H11F2N3O4/c15-14(16)23-10-3-1-9(2-4-10)19-12(20)8-22-13(21)11-7-17-5-6-18-11/h1-7,14H,8H2,(H,19,20). The minimum absolute atomic E-state index is 0.0196. The number of nitrogens with one attached hydrogen (secondary N) is 1. The summed E-state index contributed by atoms with van der Waals surface area (Å²) >= 11 is 0. The molecule has 0 radical (unpaired) electrons. The Kier molecular flexibility index (Phi) is 5.50. The average molecular weight is 323 g/mol. The molecule has 0 spiro atoms. The Balaban J connectivity index is 1.81. The molecule has 0 saturated heterocycles. The molecule has 1 aromatic carbocycles. The third-order valence-electron chi connectivity index (χ3n) is 2.47. The first kappa shape index (κ1) is 16.3. The van der Waals surface area contributed by atoms with Crippen LogP contribution in [-0.4, -0.2) is 35.1 Å². The molecule has 2 aromatic rings. The number of benzene rings is 1. The van der Waals surface area contributed by atoms with Crippen molar-refractivity contribution in [1.29, 1.82) is 0 Å². The molecule has 0 saturated carbocycles. The summed E-state index contributed by atoms with van der Waals surface area (Å²) < 4.78 is 32.9. The van der Waals surface area contributed by atoms with Crippen molar-refractivity contribution in [3.63, 3.8) is 0 Å². The van der Waals surface area contributed by atoms with Crippen LogP contribution in [0.1, 0.15) is 10.5 Å². The van der Waals surface area contributed by atoms with Gasteiger partial charge in [0.05, 0.1) is 6.20 Å². The van der Waals surface area contributed by atoms with Gasteiger partial charge in [-0.15, -0.1) is 0 Å². The predicted molar refractivity (Wildman–Crippen MR) is 74.0 cm³/mol. The summed E-state index contributed by atoms with van der Waals surface area (Å²) in [4.78, 5) is 30.6. The van der Waals surface area contributed by atoms with Crippen LogP contribution in [0, 0.1) is 0 Å². The lowest BCUT2D eigenvalue weighted by Crippen LogP contribution is -2.21. The van der Waals surface area contributed by atoms with Crippen LogP contribution >= 0.6 is 0 Å². The van der Waals surface area contributed by atoms with E-state index in [0.717, 1.165) is 0 Å². The number of anilines is 1. The van der Waals surface area contributed by atoms with Crippen molar-refractivity contribution in [3.8, 4) is 5.75 Å². The highest BCUT2D eigenvalue weighted by atomic mass is 19.3. The van der Waals surface area contributed by atoms with E-state index in [1.54, 1.807) is 0 Å². The summed E-state index contributed by atoms with van der Waals surface area (Å²) in [6.45, 7) is -3.44. The Hall–Kier alpha value is -3.10. The van der Waals surface area contributed by atoms with Crippen LogP contribution in [0.25, 0.3) is 0 Å². The van der Waals surface area contributed by atoms with E-state index in [0.29, 0.717) is 5.69 Å². The second kappa shape index (κ2) is 7.78. The Bertz CT molecular complexity index is 665. The Morgan fingerprint density at radius 1 is 1.17 bits per heavy atom. The highest BCUT2D eigenvalue weighted by Crippen LogP contribution is 2.17. The highest BCUT2D eigenvalue weighted by Gasteiger charge is 2.11. The number of halogens is 2. The lowest BCUT2D eigenvalue weighted by molar-refractivity contribution is -0.119. The topological polar surface area (TPSA) is 90.4 Å². The van der Waals surface area contributed by atoms with E-state index >= 15 is 0 Å². The lowest BCUT2D eigenvalue weighted by Gasteiger charge is -2.08. The van der Waals surface area contributed by atoms with E-state index < -0.39 is 25.1 Å². The number of alkyl halides is 2. The summed E-state index contributed by atoms with van der Waals surface area (Å²) in [5, 5.41) is 2.43. The number of esters is 1. The number of aromatic nitrogens is 2. The maximum atomic E-state index is 12.0. The molecule has 0 bridgehead atoms. The molecular weight excluding hydrogens is 312 g/mol. The van der Waals surface area contributed by atoms with E-state index in [1.807, 2.05) is 0 Å². The van der Waals surface area contributed by atoms with E-state index in [9.17, 15) is 18.4 Å². The summed E-state index contributed by atoms with van der Waals surface area (Å²) in [7, 11) is 0. The molecule has 1 amide bonds. The molecule has 1 N–H and O–H groups in total. The number of ether oxygens (including phenoxy) is 2. The van der Waals surface area contributed by atoms with Crippen molar-refractivity contribution in [2.45, 2.75) is 6.61 Å². The predicted octanol–water partition coefficient (Wildman–Crippen LogP) is 1.87. The van der Waals surface area contributed by atoms with Crippen LogP contribution < -0.4 is 10.1 Å². The lowest BCUT2D eigenvalue weighted by atomic mass is 10.3. The minimum atomic E-state index is -2.92. The molecule has 0 fully saturated rings. The van der Waals surface area contributed by atoms with Gasteiger partial charge in [0, 0.05) is 18.1 Å². The number of carbonyl (C=O) groups excluding carboxylic acids is 2. The van der Waals surface area contributed by atoms with E-state index in [4.69, 9.17) is 4.74 Å². The van der Waals surface area contributed by atoms with Crippen molar-refractivity contribution >= 4 is 17.6 Å². The van der Waals surface area contributed by atoms with E-state index in [2.05, 4.69) is 20.0 Å². The maximum Gasteiger partial charge on any atom is 0.387 e. The largest absolute Gasteiger partial charge is 0.451 e. The molecule has 23 heavy (non-hydrogen) atoms. The molecule has 1 heterocycles. The average Bonchev–Trinajstić information content (AvgIpc) is 2.55. The summed E-state index contributed by atoms with van der Waals surface area (Å²) in [6, 6.07) is 5.29. The monoisotopic (exact) mass is 323 g/mol. The van der Waals surface area contributed by atoms with Crippen LogP contribution in [0.2, 0.25) is 0 Å². The summed E-state index contributed by atoms with van der Waals surface area (Å²) in [5.41, 5.74) is 0.320. The van der Waals surface area contributed by atoms with Gasteiger partial charge in [0.15, 0.2) is 12.3 Å². The van der Waals surface area contributed by atoms with Gasteiger partial charge < -0.3 is 14.8 Å². The molecule has 0 atom stereocenters. The number of amides is 1. The normalized spacial score (nSPS) is 10.2. The number of carbonyl (C=O) groups is 2. The van der Waals surface area contributed by atoms with Crippen LogP contribution in [0.3, 0.4) is 0 Å². The number of rotatable bonds is 6. The van der Waals surface area contributed by atoms with Crippen LogP contribution in [0.15, 0.2) is 42.9 Å². The zero-order chi connectivity index (χ0) is 16.7. The number of hydrogen-bond donors (Lipinski definition) is 1. The number of nitrogens with zero attached hydrogens (tertiary/aromatic N) is 2. The molecule has 1 aromatic heterocycles. The second-order valence-corrected chi connectivity index (χ2v) is 4.12. The molecule has 0 aliphatic carbocycles. The maximum absolute atomic E-state index is 12.0. The highest BCUT2D eigenvalue weighted by molar-refractivity contribution is 5.94. The van der Waals surface area contributed by atoms with Gasteiger partial charge in [-0.1, -0.05) is 0 Å². The Labute approximate surface area is 129 Å². The molecule has 0 unspecified atom stereocenters. The fraction of sp³-hybridized carbons (Fsp3) is 0.143. The van der Waals surface area contributed by atoms with Crippen molar-refractivity contribution in [1.82, 2.24) is 9.97 Å². The van der Waals surface area contributed by atoms with Crippen molar-refractivity contribution < 1.29 is 27.8 Å². The summed E-state index contributed by atoms with van der Waals surface area (Å²) in [6.07, 6.45) is 3.92. The number of hydrogen-bond acceptors (Lipinski definition) is 6. The fourth-order valence-electron chi connectivity index (χ4n) is 1.53. The van der Waals surface area contributed by atoms with Crippen LogP contribution in [0.5, 0.6) is 5.75 Å². The van der Waals surface area contributed by atoms with Crippen molar-refractivity contribution in [3.05, 3.63) is 48.5 Å². The van der Waals surface area contributed by atoms with Gasteiger partial charge in [-0.05, 0) is 24.3 Å². The quantitative estimate of drug-likeness (QED) is 0.816. The fourth-order valence-corrected chi connectivity index (χ4v) is 1.53. The van der Waals surface area contributed by atoms with Crippen LogP contribution in [0.4, 0.5) is 14.5 Å². The zero-order valence-corrected chi connectivity index (χ0v) is 11.6. The van der Waals surface area contributed by atoms with Gasteiger partial charge in [0.2, 0.25) is 0 Å². The zero-order valence-electron chi connectivity index (χ0n) is 11.6. The van der Waals surface area contributed by atoms with Crippen molar-refractivity contribution in [2.24, 2.45) is 0 Å². The first-order chi connectivity index (χ1) is 11.0. The first-order valence-corrected chi connectivity index (χ1v) is 6.32. The molecule has 7 nitrogen and oxygen atoms in total. The van der Waals surface area contributed by atoms with Gasteiger partial charge in [-0.2, -0.15) is 8.78 Å². The Morgan fingerprint density at radius 2 is 1.91 bits per heavy atom. The van der Waals surface area contributed by atoms with Gasteiger partial charge in [0.25, 0.3) is 5.91 Å². The van der Waals surface area contributed by atoms with E-state index in [-0.39, 0.29) is 11.4 Å². The SMILES string of the molecule is O=C(COC(=O)c1cnccn1)Nc1ccc(OC(F)F)cc1. The van der Waals surface area contributed by atoms with Crippen LogP contribution in [-0.2, 0) is 9.53 Å².